The minimum Gasteiger partial charge on any atom is -0.288 e. The Morgan fingerprint density at radius 1 is 0.944 bits per heavy atom. The van der Waals surface area contributed by atoms with Gasteiger partial charge in [-0.25, -0.2) is 0 Å². The summed E-state index contributed by atoms with van der Waals surface area (Å²) >= 11 is 1.69. The van der Waals surface area contributed by atoms with E-state index in [-0.39, 0.29) is 16.3 Å². The van der Waals surface area contributed by atoms with Crippen LogP contribution in [0.3, 0.4) is 0 Å². The third kappa shape index (κ3) is 1.84. The van der Waals surface area contributed by atoms with Crippen LogP contribution in [0.2, 0.25) is 0 Å². The minimum atomic E-state index is 0.159. The summed E-state index contributed by atoms with van der Waals surface area (Å²) in [5, 5.41) is 1.69. The molecular weight excluding hydrogens is 260 g/mol. The van der Waals surface area contributed by atoms with Gasteiger partial charge in [0.05, 0.1) is 0 Å². The zero-order valence-corrected chi connectivity index (χ0v) is 11.9. The van der Waals surface area contributed by atoms with Crippen molar-refractivity contribution < 1.29 is 0 Å². The average molecular weight is 273 g/mol. The SMILES string of the molecule is C[S+](C)c1ccc2sc3ccccc3c(=O)c2c1. The highest BCUT2D eigenvalue weighted by atomic mass is 32.2. The second kappa shape index (κ2) is 4.41. The molecule has 3 heteroatoms. The molecule has 1 heterocycles. The van der Waals surface area contributed by atoms with Gasteiger partial charge in [0.1, 0.15) is 12.5 Å². The van der Waals surface area contributed by atoms with E-state index in [1.54, 1.807) is 11.3 Å². The van der Waals surface area contributed by atoms with E-state index < -0.39 is 0 Å². The van der Waals surface area contributed by atoms with Gasteiger partial charge < -0.3 is 0 Å². The fraction of sp³-hybridized carbons (Fsp3) is 0.133. The number of benzene rings is 2. The number of hydrogen-bond donors (Lipinski definition) is 0. The lowest BCUT2D eigenvalue weighted by Gasteiger charge is -2.02. The van der Waals surface area contributed by atoms with E-state index in [2.05, 4.69) is 30.7 Å². The molecule has 0 N–H and O–H groups in total. The van der Waals surface area contributed by atoms with Gasteiger partial charge in [0, 0.05) is 37.1 Å². The Balaban J connectivity index is 2.45. The standard InChI is InChI=1S/C15H13OS2/c1-18(2)10-7-8-14-12(9-10)15(16)11-5-3-4-6-13(11)17-14/h3-9H,1-2H3/q+1. The first kappa shape index (κ1) is 11.8. The zero-order chi connectivity index (χ0) is 12.7. The summed E-state index contributed by atoms with van der Waals surface area (Å²) in [6.45, 7) is 0. The molecule has 90 valence electrons. The van der Waals surface area contributed by atoms with Crippen molar-refractivity contribution in [2.45, 2.75) is 4.90 Å². The van der Waals surface area contributed by atoms with Gasteiger partial charge in [-0.3, -0.25) is 4.79 Å². The Morgan fingerprint density at radius 3 is 2.44 bits per heavy atom. The third-order valence-corrected chi connectivity index (χ3v) is 5.37. The van der Waals surface area contributed by atoms with Gasteiger partial charge in [-0.1, -0.05) is 12.1 Å². The molecular formula is C15H13OS2+. The maximum Gasteiger partial charge on any atom is 0.196 e. The molecule has 0 fully saturated rings. The molecule has 0 saturated heterocycles. The van der Waals surface area contributed by atoms with Crippen LogP contribution in [0.25, 0.3) is 20.2 Å². The molecule has 0 atom stereocenters. The van der Waals surface area contributed by atoms with Gasteiger partial charge in [-0.05, 0) is 24.3 Å². The monoisotopic (exact) mass is 273 g/mol. The van der Waals surface area contributed by atoms with Crippen LogP contribution < -0.4 is 5.43 Å². The molecule has 0 aliphatic heterocycles. The van der Waals surface area contributed by atoms with Crippen molar-refractivity contribution in [3.63, 3.8) is 0 Å². The number of rotatable bonds is 1. The van der Waals surface area contributed by atoms with Crippen molar-refractivity contribution in [3.8, 4) is 0 Å². The van der Waals surface area contributed by atoms with Crippen molar-refractivity contribution in [2.24, 2.45) is 0 Å². The zero-order valence-electron chi connectivity index (χ0n) is 10.3. The molecule has 0 spiro atoms. The first-order valence-electron chi connectivity index (χ1n) is 5.70. The Kier molecular flexibility index (Phi) is 2.88. The highest BCUT2D eigenvalue weighted by Crippen LogP contribution is 2.26. The first-order chi connectivity index (χ1) is 8.66. The summed E-state index contributed by atoms with van der Waals surface area (Å²) in [4.78, 5) is 13.7. The molecule has 0 bridgehead atoms. The van der Waals surface area contributed by atoms with Crippen molar-refractivity contribution in [2.75, 3.05) is 12.5 Å². The minimum absolute atomic E-state index is 0.159. The van der Waals surface area contributed by atoms with Gasteiger partial charge in [-0.2, -0.15) is 0 Å². The Bertz CT molecular complexity index is 787. The van der Waals surface area contributed by atoms with Gasteiger partial charge in [0.2, 0.25) is 0 Å². The summed E-state index contributed by atoms with van der Waals surface area (Å²) in [5.74, 6) is 0. The fourth-order valence-electron chi connectivity index (χ4n) is 2.04. The van der Waals surface area contributed by atoms with Crippen LogP contribution in [0.4, 0.5) is 0 Å². The van der Waals surface area contributed by atoms with E-state index in [9.17, 15) is 4.79 Å². The van der Waals surface area contributed by atoms with E-state index >= 15 is 0 Å². The maximum atomic E-state index is 12.5. The van der Waals surface area contributed by atoms with E-state index in [0.717, 1.165) is 20.2 Å². The largest absolute Gasteiger partial charge is 0.288 e. The van der Waals surface area contributed by atoms with Crippen LogP contribution in [0.15, 0.2) is 52.2 Å². The molecule has 0 amide bonds. The van der Waals surface area contributed by atoms with E-state index in [1.165, 1.54) is 4.90 Å². The predicted molar refractivity (Wildman–Crippen MR) is 83.1 cm³/mol. The normalized spacial score (nSPS) is 11.5. The van der Waals surface area contributed by atoms with Gasteiger partial charge in [-0.15, -0.1) is 11.3 Å². The van der Waals surface area contributed by atoms with Crippen molar-refractivity contribution in [3.05, 3.63) is 52.7 Å². The highest BCUT2D eigenvalue weighted by molar-refractivity contribution is 7.95. The summed E-state index contributed by atoms with van der Waals surface area (Å²) in [7, 11) is 0.189. The van der Waals surface area contributed by atoms with Gasteiger partial charge in [0.25, 0.3) is 0 Å². The van der Waals surface area contributed by atoms with E-state index in [0.29, 0.717) is 0 Å². The van der Waals surface area contributed by atoms with Crippen molar-refractivity contribution in [1.29, 1.82) is 0 Å². The maximum absolute atomic E-state index is 12.5. The van der Waals surface area contributed by atoms with Crippen LogP contribution in [-0.2, 0) is 10.9 Å². The molecule has 0 saturated carbocycles. The summed E-state index contributed by atoms with van der Waals surface area (Å²) in [5.41, 5.74) is 0.159. The van der Waals surface area contributed by atoms with E-state index in [4.69, 9.17) is 0 Å². The molecule has 0 aliphatic carbocycles. The van der Waals surface area contributed by atoms with Crippen LogP contribution in [0.1, 0.15) is 0 Å². The molecule has 3 aromatic rings. The summed E-state index contributed by atoms with van der Waals surface area (Å²) in [6, 6.07) is 14.1. The van der Waals surface area contributed by atoms with Crippen molar-refractivity contribution in [1.82, 2.24) is 0 Å². The molecule has 1 aromatic heterocycles. The van der Waals surface area contributed by atoms with Crippen LogP contribution in [0.5, 0.6) is 0 Å². The quantitative estimate of drug-likeness (QED) is 0.488. The molecule has 3 rings (SSSR count). The molecule has 0 aliphatic rings. The smallest absolute Gasteiger partial charge is 0.196 e. The predicted octanol–water partition coefficient (Wildman–Crippen LogP) is 3.65. The van der Waals surface area contributed by atoms with Crippen LogP contribution in [0, 0.1) is 0 Å². The molecule has 2 aromatic carbocycles. The topological polar surface area (TPSA) is 17.1 Å². The Morgan fingerprint density at radius 2 is 1.67 bits per heavy atom. The Labute approximate surface area is 112 Å². The molecule has 0 unspecified atom stereocenters. The molecule has 18 heavy (non-hydrogen) atoms. The lowest BCUT2D eigenvalue weighted by Crippen LogP contribution is -2.03. The number of hydrogen-bond acceptors (Lipinski definition) is 2. The number of fused-ring (bicyclic) bond motifs is 2. The second-order valence-corrected chi connectivity index (χ2v) is 7.59. The second-order valence-electron chi connectivity index (χ2n) is 4.40. The van der Waals surface area contributed by atoms with E-state index in [1.807, 2.05) is 24.3 Å². The fourth-order valence-corrected chi connectivity index (χ4v) is 3.78. The van der Waals surface area contributed by atoms with Crippen molar-refractivity contribution >= 4 is 42.4 Å². The highest BCUT2D eigenvalue weighted by Gasteiger charge is 2.12. The summed E-state index contributed by atoms with van der Waals surface area (Å²) in [6.07, 6.45) is 4.35. The molecule has 1 nitrogen and oxygen atoms in total. The Hall–Kier alpha value is -1.32. The van der Waals surface area contributed by atoms with Crippen LogP contribution in [-0.4, -0.2) is 12.5 Å². The average Bonchev–Trinajstić information content (AvgIpc) is 2.38. The molecule has 0 radical (unpaired) electrons. The lowest BCUT2D eigenvalue weighted by atomic mass is 10.2. The van der Waals surface area contributed by atoms with Crippen LogP contribution >= 0.6 is 11.3 Å². The van der Waals surface area contributed by atoms with Gasteiger partial charge in [0.15, 0.2) is 10.3 Å². The van der Waals surface area contributed by atoms with Gasteiger partial charge >= 0.3 is 0 Å². The third-order valence-electron chi connectivity index (χ3n) is 3.02. The lowest BCUT2D eigenvalue weighted by molar-refractivity contribution is 1.50. The first-order valence-corrected chi connectivity index (χ1v) is 8.56. The summed E-state index contributed by atoms with van der Waals surface area (Å²) < 4.78 is 2.14.